The van der Waals surface area contributed by atoms with Gasteiger partial charge in [0.25, 0.3) is 0 Å². The van der Waals surface area contributed by atoms with Crippen molar-refractivity contribution in [2.75, 3.05) is 25.5 Å². The van der Waals surface area contributed by atoms with Crippen LogP contribution < -0.4 is 20.1 Å². The van der Waals surface area contributed by atoms with Crippen LogP contribution in [0, 0.1) is 5.82 Å². The summed E-state index contributed by atoms with van der Waals surface area (Å²) in [6, 6.07) is 8.72. The minimum atomic E-state index is -0.382. The van der Waals surface area contributed by atoms with E-state index in [4.69, 9.17) is 9.47 Å². The summed E-state index contributed by atoms with van der Waals surface area (Å²) in [5, 5.41) is 7.09. The van der Waals surface area contributed by atoms with Gasteiger partial charge in [0.05, 0.1) is 22.8 Å². The first-order valence-electron chi connectivity index (χ1n) is 9.07. The van der Waals surface area contributed by atoms with E-state index in [1.165, 1.54) is 6.33 Å². The number of hydrogen-bond acceptors (Lipinski definition) is 6. The molecule has 0 atom stereocenters. The average Bonchev–Trinajstić information content (AvgIpc) is 2.72. The first kappa shape index (κ1) is 21.5. The van der Waals surface area contributed by atoms with Gasteiger partial charge in [-0.25, -0.2) is 14.4 Å². The number of nitrogens with one attached hydrogen (secondary N) is 2. The molecular formula is C20H21BrClFN4O2. The molecule has 3 aromatic rings. The van der Waals surface area contributed by atoms with E-state index < -0.39 is 0 Å². The van der Waals surface area contributed by atoms with Gasteiger partial charge in [-0.1, -0.05) is 6.07 Å². The van der Waals surface area contributed by atoms with E-state index in [0.29, 0.717) is 33.0 Å². The zero-order valence-corrected chi connectivity index (χ0v) is 18.1. The summed E-state index contributed by atoms with van der Waals surface area (Å²) >= 11 is 3.20. The highest BCUT2D eigenvalue weighted by Crippen LogP contribution is 2.36. The van der Waals surface area contributed by atoms with Gasteiger partial charge in [0, 0.05) is 11.5 Å². The maximum atomic E-state index is 14.4. The van der Waals surface area contributed by atoms with Gasteiger partial charge >= 0.3 is 0 Å². The molecule has 2 heterocycles. The molecule has 6 nitrogen and oxygen atoms in total. The lowest BCUT2D eigenvalue weighted by molar-refractivity contribution is 0.157. The van der Waals surface area contributed by atoms with Crippen molar-refractivity contribution in [2.45, 2.75) is 18.9 Å². The van der Waals surface area contributed by atoms with Crippen LogP contribution in [0.4, 0.5) is 15.9 Å². The number of nitrogens with zero attached hydrogens (tertiary/aromatic N) is 2. The Morgan fingerprint density at radius 2 is 1.97 bits per heavy atom. The molecule has 0 spiro atoms. The highest BCUT2D eigenvalue weighted by Gasteiger charge is 2.19. The third-order valence-electron chi connectivity index (χ3n) is 4.71. The molecule has 2 aromatic carbocycles. The van der Waals surface area contributed by atoms with E-state index in [1.807, 2.05) is 12.1 Å². The Labute approximate surface area is 182 Å². The van der Waals surface area contributed by atoms with Crippen LogP contribution in [0.1, 0.15) is 12.8 Å². The number of rotatable bonds is 5. The summed E-state index contributed by atoms with van der Waals surface area (Å²) in [4.78, 5) is 8.64. The van der Waals surface area contributed by atoms with Gasteiger partial charge in [-0.15, -0.1) is 12.4 Å². The highest BCUT2D eigenvalue weighted by molar-refractivity contribution is 9.10. The fraction of sp³-hybridized carbons (Fsp3) is 0.300. The van der Waals surface area contributed by atoms with Crippen LogP contribution in [0.15, 0.2) is 41.1 Å². The number of halogens is 3. The normalized spacial score (nSPS) is 14.3. The molecular weight excluding hydrogens is 463 g/mol. The molecule has 0 radical (unpaired) electrons. The Hall–Kier alpha value is -2.16. The first-order valence-corrected chi connectivity index (χ1v) is 9.86. The molecule has 1 saturated heterocycles. The maximum absolute atomic E-state index is 14.4. The Balaban J connectivity index is 0.00000240. The predicted molar refractivity (Wildman–Crippen MR) is 117 cm³/mol. The van der Waals surface area contributed by atoms with Crippen molar-refractivity contribution in [3.8, 4) is 11.5 Å². The lowest BCUT2D eigenvalue weighted by atomic mass is 10.1. The van der Waals surface area contributed by atoms with Crippen LogP contribution in [-0.4, -0.2) is 36.3 Å². The number of piperidine rings is 1. The van der Waals surface area contributed by atoms with Gasteiger partial charge in [0.1, 0.15) is 18.2 Å². The van der Waals surface area contributed by atoms with Crippen molar-refractivity contribution in [1.29, 1.82) is 0 Å². The SMILES string of the molecule is COc1cc2c(Nc3cccc(Br)c3F)ncnc2cc1OC1CCNCC1.Cl. The molecule has 0 unspecified atom stereocenters. The van der Waals surface area contributed by atoms with E-state index in [2.05, 4.69) is 36.5 Å². The standard InChI is InChI=1S/C20H20BrFN4O2.ClH/c1-27-17-9-13-16(10-18(17)28-12-5-7-23-8-6-12)24-11-25-20(13)26-15-4-2-3-14(21)19(15)22;/h2-4,9-12,23H,5-8H2,1H3,(H,24,25,26);1H. The van der Waals surface area contributed by atoms with Gasteiger partial charge in [0.15, 0.2) is 17.3 Å². The van der Waals surface area contributed by atoms with Gasteiger partial charge < -0.3 is 20.1 Å². The Kier molecular flexibility index (Phi) is 7.10. The lowest BCUT2D eigenvalue weighted by Crippen LogP contribution is -2.34. The van der Waals surface area contributed by atoms with E-state index in [0.717, 1.165) is 31.3 Å². The van der Waals surface area contributed by atoms with Crippen molar-refractivity contribution in [1.82, 2.24) is 15.3 Å². The van der Waals surface area contributed by atoms with Crippen LogP contribution in [-0.2, 0) is 0 Å². The molecule has 4 rings (SSSR count). The molecule has 154 valence electrons. The molecule has 9 heteroatoms. The van der Waals surface area contributed by atoms with E-state index >= 15 is 0 Å². The summed E-state index contributed by atoms with van der Waals surface area (Å²) < 4.78 is 26.4. The van der Waals surface area contributed by atoms with Gasteiger partial charge in [0.2, 0.25) is 0 Å². The van der Waals surface area contributed by atoms with Crippen molar-refractivity contribution < 1.29 is 13.9 Å². The van der Waals surface area contributed by atoms with Crippen molar-refractivity contribution in [3.05, 3.63) is 46.9 Å². The van der Waals surface area contributed by atoms with Gasteiger partial charge in [-0.05, 0) is 60.1 Å². The summed E-state index contributed by atoms with van der Waals surface area (Å²) in [5.41, 5.74) is 1.01. The minimum Gasteiger partial charge on any atom is -0.493 e. The number of ether oxygens (including phenoxy) is 2. The second-order valence-corrected chi connectivity index (χ2v) is 7.39. The fourth-order valence-corrected chi connectivity index (χ4v) is 3.60. The largest absolute Gasteiger partial charge is 0.493 e. The number of aromatic nitrogens is 2. The predicted octanol–water partition coefficient (Wildman–Crippen LogP) is 4.84. The third kappa shape index (κ3) is 4.71. The monoisotopic (exact) mass is 482 g/mol. The Morgan fingerprint density at radius 1 is 1.17 bits per heavy atom. The van der Waals surface area contributed by atoms with E-state index in [1.54, 1.807) is 25.3 Å². The van der Waals surface area contributed by atoms with Crippen LogP contribution in [0.5, 0.6) is 11.5 Å². The molecule has 0 bridgehead atoms. The van der Waals surface area contributed by atoms with Crippen LogP contribution in [0.3, 0.4) is 0 Å². The van der Waals surface area contributed by atoms with E-state index in [-0.39, 0.29) is 24.3 Å². The number of anilines is 2. The van der Waals surface area contributed by atoms with Crippen LogP contribution in [0.2, 0.25) is 0 Å². The number of methoxy groups -OCH3 is 1. The molecule has 0 saturated carbocycles. The topological polar surface area (TPSA) is 68.3 Å². The number of fused-ring (bicyclic) bond motifs is 1. The zero-order valence-electron chi connectivity index (χ0n) is 15.7. The molecule has 0 amide bonds. The molecule has 1 fully saturated rings. The smallest absolute Gasteiger partial charge is 0.163 e. The summed E-state index contributed by atoms with van der Waals surface area (Å²) in [6.45, 7) is 1.88. The molecule has 2 N–H and O–H groups in total. The van der Waals surface area contributed by atoms with E-state index in [9.17, 15) is 4.39 Å². The molecule has 0 aliphatic carbocycles. The molecule has 29 heavy (non-hydrogen) atoms. The molecule has 1 aliphatic rings. The summed E-state index contributed by atoms with van der Waals surface area (Å²) in [7, 11) is 1.60. The molecule has 1 aliphatic heterocycles. The molecule has 1 aromatic heterocycles. The Morgan fingerprint density at radius 3 is 2.72 bits per heavy atom. The van der Waals surface area contributed by atoms with Crippen molar-refractivity contribution in [3.63, 3.8) is 0 Å². The number of hydrogen-bond donors (Lipinski definition) is 2. The quantitative estimate of drug-likeness (QED) is 0.541. The van der Waals surface area contributed by atoms with Crippen LogP contribution >= 0.6 is 28.3 Å². The highest BCUT2D eigenvalue weighted by atomic mass is 79.9. The minimum absolute atomic E-state index is 0. The lowest BCUT2D eigenvalue weighted by Gasteiger charge is -2.25. The second kappa shape index (κ2) is 9.56. The summed E-state index contributed by atoms with van der Waals surface area (Å²) in [5.74, 6) is 1.36. The summed E-state index contributed by atoms with van der Waals surface area (Å²) in [6.07, 6.45) is 3.48. The fourth-order valence-electron chi connectivity index (χ4n) is 3.24. The first-order chi connectivity index (χ1) is 13.7. The van der Waals surface area contributed by atoms with Crippen LogP contribution in [0.25, 0.3) is 10.9 Å². The average molecular weight is 484 g/mol. The Bertz CT molecular complexity index is 1000. The second-order valence-electron chi connectivity index (χ2n) is 6.54. The van der Waals surface area contributed by atoms with Crippen molar-refractivity contribution in [2.24, 2.45) is 0 Å². The zero-order chi connectivity index (χ0) is 19.5. The van der Waals surface area contributed by atoms with Gasteiger partial charge in [-0.2, -0.15) is 0 Å². The number of benzene rings is 2. The van der Waals surface area contributed by atoms with Crippen molar-refractivity contribution >= 4 is 50.7 Å². The maximum Gasteiger partial charge on any atom is 0.163 e. The van der Waals surface area contributed by atoms with Gasteiger partial charge in [-0.3, -0.25) is 0 Å². The third-order valence-corrected chi connectivity index (χ3v) is 5.32.